The van der Waals surface area contributed by atoms with Crippen molar-refractivity contribution in [2.45, 2.75) is 25.8 Å². The van der Waals surface area contributed by atoms with Gasteiger partial charge in [-0.05, 0) is 50.9 Å². The number of ketones is 1. The number of hydrogen-bond acceptors (Lipinski definition) is 4. The molecule has 1 aromatic carbocycles. The van der Waals surface area contributed by atoms with Crippen molar-refractivity contribution in [3.8, 4) is 11.5 Å². The molecule has 1 atom stereocenters. The summed E-state index contributed by atoms with van der Waals surface area (Å²) in [4.78, 5) is 14.1. The topological polar surface area (TPSA) is 60.8 Å². The molecule has 2 rings (SSSR count). The Morgan fingerprint density at radius 1 is 1.39 bits per heavy atom. The molecule has 0 heterocycles. The molecule has 0 saturated heterocycles. The Morgan fingerprint density at radius 2 is 2.06 bits per heavy atom. The molecule has 0 aliphatic heterocycles. The molecule has 98 valence electrons. The van der Waals surface area contributed by atoms with Gasteiger partial charge in [0.1, 0.15) is 0 Å². The first kappa shape index (κ1) is 12.9. The zero-order valence-electron chi connectivity index (χ0n) is 10.8. The molecule has 1 aliphatic rings. The number of carbonyl (C=O) groups excluding carboxylic acids is 1. The van der Waals surface area contributed by atoms with Crippen LogP contribution in [0.15, 0.2) is 18.2 Å². The molecule has 0 spiro atoms. The molecular weight excluding hydrogens is 230 g/mol. The van der Waals surface area contributed by atoms with Crippen molar-refractivity contribution in [1.82, 2.24) is 4.90 Å². The minimum Gasteiger partial charge on any atom is -0.504 e. The number of likely N-dealkylation sites (N-methyl/N-ethyl adjacent to an activating group) is 1. The maximum atomic E-state index is 12.0. The third-order valence-corrected chi connectivity index (χ3v) is 3.69. The number of hydrogen-bond donors (Lipinski definition) is 2. The lowest BCUT2D eigenvalue weighted by molar-refractivity contribution is 0.0917. The summed E-state index contributed by atoms with van der Waals surface area (Å²) in [7, 11) is 1.95. The van der Waals surface area contributed by atoms with Gasteiger partial charge in [0.15, 0.2) is 17.3 Å². The molecule has 0 amide bonds. The Bertz CT molecular complexity index is 454. The van der Waals surface area contributed by atoms with Crippen molar-refractivity contribution >= 4 is 5.78 Å². The Kier molecular flexibility index (Phi) is 3.57. The van der Waals surface area contributed by atoms with E-state index in [4.69, 9.17) is 0 Å². The van der Waals surface area contributed by atoms with E-state index in [0.29, 0.717) is 18.2 Å². The fourth-order valence-corrected chi connectivity index (χ4v) is 2.10. The Hall–Kier alpha value is -1.55. The van der Waals surface area contributed by atoms with E-state index in [0.717, 1.165) is 5.92 Å². The van der Waals surface area contributed by atoms with Crippen LogP contribution < -0.4 is 0 Å². The summed E-state index contributed by atoms with van der Waals surface area (Å²) in [5.41, 5.74) is 0.431. The molecule has 1 aliphatic carbocycles. The quantitative estimate of drug-likeness (QED) is 0.619. The van der Waals surface area contributed by atoms with E-state index >= 15 is 0 Å². The van der Waals surface area contributed by atoms with Crippen LogP contribution in [0, 0.1) is 5.92 Å². The summed E-state index contributed by atoms with van der Waals surface area (Å²) in [6.45, 7) is 2.47. The Balaban J connectivity index is 2.00. The lowest BCUT2D eigenvalue weighted by atomic mass is 10.1. The number of rotatable bonds is 5. The molecule has 1 unspecified atom stereocenters. The van der Waals surface area contributed by atoms with Gasteiger partial charge in [-0.15, -0.1) is 0 Å². The van der Waals surface area contributed by atoms with Crippen LogP contribution >= 0.6 is 0 Å². The smallest absolute Gasteiger partial charge is 0.176 e. The summed E-state index contributed by atoms with van der Waals surface area (Å²) in [5.74, 6) is 0.223. The molecule has 1 saturated carbocycles. The minimum absolute atomic E-state index is 0.0414. The number of phenolic OH excluding ortho intramolecular Hbond substituents is 2. The van der Waals surface area contributed by atoms with E-state index in [1.54, 1.807) is 0 Å². The Labute approximate surface area is 107 Å². The van der Waals surface area contributed by atoms with E-state index in [2.05, 4.69) is 6.92 Å². The van der Waals surface area contributed by atoms with Crippen LogP contribution in [0.2, 0.25) is 0 Å². The molecule has 4 nitrogen and oxygen atoms in total. The molecule has 0 aromatic heterocycles. The monoisotopic (exact) mass is 249 g/mol. The van der Waals surface area contributed by atoms with E-state index in [9.17, 15) is 15.0 Å². The lowest BCUT2D eigenvalue weighted by Gasteiger charge is -2.23. The molecule has 18 heavy (non-hydrogen) atoms. The zero-order chi connectivity index (χ0) is 13.3. The van der Waals surface area contributed by atoms with Gasteiger partial charge in [-0.1, -0.05) is 0 Å². The Morgan fingerprint density at radius 3 is 2.61 bits per heavy atom. The lowest BCUT2D eigenvalue weighted by Crippen LogP contribution is -2.35. The summed E-state index contributed by atoms with van der Waals surface area (Å²) in [6, 6.07) is 4.60. The second-order valence-corrected chi connectivity index (χ2v) is 5.12. The number of carbonyl (C=O) groups is 1. The van der Waals surface area contributed by atoms with Gasteiger partial charge in [-0.2, -0.15) is 0 Å². The maximum absolute atomic E-state index is 12.0. The fraction of sp³-hybridized carbons (Fsp3) is 0.500. The van der Waals surface area contributed by atoms with Crippen molar-refractivity contribution in [3.05, 3.63) is 23.8 Å². The predicted molar refractivity (Wildman–Crippen MR) is 68.9 cm³/mol. The summed E-state index contributed by atoms with van der Waals surface area (Å²) in [6.07, 6.45) is 2.50. The summed E-state index contributed by atoms with van der Waals surface area (Å²) < 4.78 is 0. The highest BCUT2D eigenvalue weighted by atomic mass is 16.3. The van der Waals surface area contributed by atoms with Crippen molar-refractivity contribution in [1.29, 1.82) is 0 Å². The number of phenols is 2. The first-order chi connectivity index (χ1) is 8.49. The van der Waals surface area contributed by atoms with E-state index in [1.165, 1.54) is 31.0 Å². The van der Waals surface area contributed by atoms with Crippen LogP contribution in [-0.4, -0.2) is 40.5 Å². The molecule has 1 aromatic rings. The first-order valence-electron chi connectivity index (χ1n) is 6.24. The van der Waals surface area contributed by atoms with Crippen molar-refractivity contribution in [2.24, 2.45) is 5.92 Å². The molecule has 2 N–H and O–H groups in total. The number of nitrogens with zero attached hydrogens (tertiary/aromatic N) is 1. The predicted octanol–water partition coefficient (Wildman–Crippen LogP) is 2.01. The first-order valence-corrected chi connectivity index (χ1v) is 6.24. The van der Waals surface area contributed by atoms with Crippen LogP contribution in [0.3, 0.4) is 0 Å². The van der Waals surface area contributed by atoms with Crippen LogP contribution in [-0.2, 0) is 0 Å². The zero-order valence-corrected chi connectivity index (χ0v) is 10.8. The minimum atomic E-state index is -0.251. The summed E-state index contributed by atoms with van der Waals surface area (Å²) in [5, 5.41) is 18.6. The average Bonchev–Trinajstić information content (AvgIpc) is 3.15. The molecule has 0 bridgehead atoms. The number of benzene rings is 1. The third kappa shape index (κ3) is 2.82. The van der Waals surface area contributed by atoms with Crippen LogP contribution in [0.4, 0.5) is 0 Å². The van der Waals surface area contributed by atoms with Gasteiger partial charge in [-0.3, -0.25) is 9.69 Å². The van der Waals surface area contributed by atoms with E-state index in [1.807, 2.05) is 11.9 Å². The normalized spacial score (nSPS) is 16.8. The molecule has 0 radical (unpaired) electrons. The van der Waals surface area contributed by atoms with Gasteiger partial charge >= 0.3 is 0 Å². The van der Waals surface area contributed by atoms with Crippen LogP contribution in [0.25, 0.3) is 0 Å². The fourth-order valence-electron chi connectivity index (χ4n) is 2.10. The average molecular weight is 249 g/mol. The molecule has 4 heteroatoms. The summed E-state index contributed by atoms with van der Waals surface area (Å²) >= 11 is 0. The van der Waals surface area contributed by atoms with Gasteiger partial charge in [0.2, 0.25) is 0 Å². The van der Waals surface area contributed by atoms with Crippen molar-refractivity contribution in [2.75, 3.05) is 13.6 Å². The van der Waals surface area contributed by atoms with Crippen molar-refractivity contribution in [3.63, 3.8) is 0 Å². The highest BCUT2D eigenvalue weighted by Crippen LogP contribution is 2.34. The van der Waals surface area contributed by atoms with Crippen LogP contribution in [0.5, 0.6) is 11.5 Å². The standard InChI is InChI=1S/C14H19NO3/c1-9(10-3-4-10)15(2)8-14(18)11-5-6-12(16)13(17)7-11/h5-7,9-10,16-17H,3-4,8H2,1-2H3. The highest BCUT2D eigenvalue weighted by molar-refractivity contribution is 5.98. The highest BCUT2D eigenvalue weighted by Gasteiger charge is 2.31. The second kappa shape index (κ2) is 4.98. The van der Waals surface area contributed by atoms with E-state index < -0.39 is 0 Å². The van der Waals surface area contributed by atoms with Gasteiger partial charge < -0.3 is 10.2 Å². The SMILES string of the molecule is CC(C1CC1)N(C)CC(=O)c1ccc(O)c(O)c1. The van der Waals surface area contributed by atoms with E-state index in [-0.39, 0.29) is 17.3 Å². The van der Waals surface area contributed by atoms with Gasteiger partial charge in [0.25, 0.3) is 0 Å². The number of Topliss-reactive ketones (excluding diaryl/α,β-unsaturated/α-hetero) is 1. The van der Waals surface area contributed by atoms with Gasteiger partial charge in [0, 0.05) is 11.6 Å². The third-order valence-electron chi connectivity index (χ3n) is 3.69. The largest absolute Gasteiger partial charge is 0.504 e. The van der Waals surface area contributed by atoms with Gasteiger partial charge in [-0.25, -0.2) is 0 Å². The maximum Gasteiger partial charge on any atom is 0.176 e. The van der Waals surface area contributed by atoms with Crippen molar-refractivity contribution < 1.29 is 15.0 Å². The second-order valence-electron chi connectivity index (χ2n) is 5.12. The molecule has 1 fully saturated rings. The number of aromatic hydroxyl groups is 2. The van der Waals surface area contributed by atoms with Crippen LogP contribution in [0.1, 0.15) is 30.1 Å². The molecular formula is C14H19NO3. The van der Waals surface area contributed by atoms with Gasteiger partial charge in [0.05, 0.1) is 6.54 Å².